The fourth-order valence-electron chi connectivity index (χ4n) is 2.20. The Kier molecular flexibility index (Phi) is 4.04. The van der Waals surface area contributed by atoms with Gasteiger partial charge in [0.15, 0.2) is 0 Å². The normalized spacial score (nSPS) is 16.3. The summed E-state index contributed by atoms with van der Waals surface area (Å²) in [5.74, 6) is 0.0497. The van der Waals surface area contributed by atoms with Crippen molar-refractivity contribution in [2.75, 3.05) is 19.0 Å². The summed E-state index contributed by atoms with van der Waals surface area (Å²) in [6, 6.07) is 5.33. The molecule has 6 heteroatoms. The summed E-state index contributed by atoms with van der Waals surface area (Å²) in [7, 11) is 0. The van der Waals surface area contributed by atoms with E-state index in [0.29, 0.717) is 25.1 Å². The van der Waals surface area contributed by atoms with Crippen molar-refractivity contribution in [2.45, 2.75) is 12.6 Å². The Morgan fingerprint density at radius 3 is 2.63 bits per heavy atom. The zero-order chi connectivity index (χ0) is 14.0. The second kappa shape index (κ2) is 5.41. The molecule has 0 aromatic heterocycles. The molecular weight excluding hydrogens is 279 g/mol. The maximum absolute atomic E-state index is 12.5. The maximum Gasteiger partial charge on any atom is 0.416 e. The van der Waals surface area contributed by atoms with Crippen molar-refractivity contribution in [1.29, 1.82) is 0 Å². The number of nitrogens with zero attached hydrogens (tertiary/aromatic N) is 1. The Morgan fingerprint density at radius 1 is 1.37 bits per heavy atom. The second-order valence-electron chi connectivity index (χ2n) is 4.70. The molecule has 0 unspecified atom stereocenters. The van der Waals surface area contributed by atoms with Crippen molar-refractivity contribution in [2.24, 2.45) is 5.92 Å². The van der Waals surface area contributed by atoms with Crippen molar-refractivity contribution in [3.8, 4) is 0 Å². The molecule has 1 amide bonds. The molecule has 0 radical (unpaired) electrons. The maximum atomic E-state index is 12.5. The van der Waals surface area contributed by atoms with E-state index in [-0.39, 0.29) is 17.7 Å². The molecule has 2 nitrogen and oxygen atoms in total. The van der Waals surface area contributed by atoms with Gasteiger partial charge in [-0.25, -0.2) is 0 Å². The van der Waals surface area contributed by atoms with Crippen LogP contribution in [0.2, 0.25) is 0 Å². The van der Waals surface area contributed by atoms with Gasteiger partial charge in [0.05, 0.1) is 5.56 Å². The number of benzene rings is 1. The minimum absolute atomic E-state index is 0.0454. The molecule has 1 saturated heterocycles. The lowest BCUT2D eigenvalue weighted by Gasteiger charge is -2.39. The fourth-order valence-corrected chi connectivity index (χ4v) is 2.36. The van der Waals surface area contributed by atoms with Gasteiger partial charge in [0.1, 0.15) is 5.88 Å². The molecule has 1 heterocycles. The molecule has 1 aromatic rings. The summed E-state index contributed by atoms with van der Waals surface area (Å²) in [5.41, 5.74) is 0.0239. The highest BCUT2D eigenvalue weighted by Crippen LogP contribution is 2.30. The summed E-state index contributed by atoms with van der Waals surface area (Å²) in [6.07, 6.45) is -3.76. The van der Waals surface area contributed by atoms with Gasteiger partial charge in [0, 0.05) is 13.1 Å². The molecule has 2 rings (SSSR count). The monoisotopic (exact) mass is 291 g/mol. The number of rotatable bonds is 3. The van der Waals surface area contributed by atoms with Gasteiger partial charge in [-0.3, -0.25) is 4.79 Å². The third-order valence-electron chi connectivity index (χ3n) is 3.20. The van der Waals surface area contributed by atoms with Crippen molar-refractivity contribution < 1.29 is 18.0 Å². The minimum Gasteiger partial charge on any atom is -0.341 e. The van der Waals surface area contributed by atoms with E-state index in [0.717, 1.165) is 6.07 Å². The van der Waals surface area contributed by atoms with Gasteiger partial charge in [-0.2, -0.15) is 13.2 Å². The van der Waals surface area contributed by atoms with Crippen LogP contribution in [0.1, 0.15) is 11.1 Å². The van der Waals surface area contributed by atoms with Crippen LogP contribution in [-0.2, 0) is 17.4 Å². The van der Waals surface area contributed by atoms with Crippen LogP contribution in [0.4, 0.5) is 13.2 Å². The van der Waals surface area contributed by atoms with Gasteiger partial charge in [-0.1, -0.05) is 18.2 Å². The highest BCUT2D eigenvalue weighted by atomic mass is 35.5. The van der Waals surface area contributed by atoms with Crippen LogP contribution >= 0.6 is 11.6 Å². The first-order valence-electron chi connectivity index (χ1n) is 5.90. The van der Waals surface area contributed by atoms with Gasteiger partial charge in [0.25, 0.3) is 0 Å². The Hall–Kier alpha value is -1.23. The molecule has 1 aromatic carbocycles. The SMILES string of the molecule is O=C(CCl)N1CC(Cc2cccc(C(F)(F)F)c2)C1. The Labute approximate surface area is 114 Å². The molecular formula is C13H13ClF3NO. The third-order valence-corrected chi connectivity index (χ3v) is 3.43. The molecule has 104 valence electrons. The molecule has 0 N–H and O–H groups in total. The van der Waals surface area contributed by atoms with Crippen LogP contribution in [-0.4, -0.2) is 29.8 Å². The van der Waals surface area contributed by atoms with E-state index in [1.54, 1.807) is 11.0 Å². The topological polar surface area (TPSA) is 20.3 Å². The van der Waals surface area contributed by atoms with E-state index in [1.165, 1.54) is 12.1 Å². The Morgan fingerprint density at radius 2 is 2.05 bits per heavy atom. The number of amides is 1. The number of hydrogen-bond donors (Lipinski definition) is 0. The minimum atomic E-state index is -4.31. The first kappa shape index (κ1) is 14.2. The molecule has 1 fully saturated rings. The highest BCUT2D eigenvalue weighted by molar-refractivity contribution is 6.27. The van der Waals surface area contributed by atoms with E-state index in [1.807, 2.05) is 0 Å². The zero-order valence-electron chi connectivity index (χ0n) is 10.1. The number of hydrogen-bond acceptors (Lipinski definition) is 1. The lowest BCUT2D eigenvalue weighted by Crippen LogP contribution is -2.51. The second-order valence-corrected chi connectivity index (χ2v) is 4.97. The first-order valence-corrected chi connectivity index (χ1v) is 6.43. The number of alkyl halides is 4. The smallest absolute Gasteiger partial charge is 0.341 e. The summed E-state index contributed by atoms with van der Waals surface area (Å²) in [4.78, 5) is 12.8. The molecule has 0 aliphatic carbocycles. The van der Waals surface area contributed by atoms with Crippen molar-refractivity contribution >= 4 is 17.5 Å². The molecule has 0 saturated carbocycles. The van der Waals surface area contributed by atoms with E-state index >= 15 is 0 Å². The molecule has 0 spiro atoms. The van der Waals surface area contributed by atoms with E-state index in [9.17, 15) is 18.0 Å². The quantitative estimate of drug-likeness (QED) is 0.784. The van der Waals surface area contributed by atoms with E-state index in [2.05, 4.69) is 0 Å². The van der Waals surface area contributed by atoms with Crippen LogP contribution in [0.15, 0.2) is 24.3 Å². The van der Waals surface area contributed by atoms with Crippen LogP contribution < -0.4 is 0 Å². The average molecular weight is 292 g/mol. The van der Waals surface area contributed by atoms with Crippen LogP contribution in [0.25, 0.3) is 0 Å². The third kappa shape index (κ3) is 3.41. The largest absolute Gasteiger partial charge is 0.416 e. The number of halogens is 4. The molecule has 1 aliphatic rings. The molecule has 1 aliphatic heterocycles. The number of carbonyl (C=O) groups is 1. The van der Waals surface area contributed by atoms with Gasteiger partial charge in [0.2, 0.25) is 5.91 Å². The van der Waals surface area contributed by atoms with Gasteiger partial charge in [-0.05, 0) is 24.0 Å². The lowest BCUT2D eigenvalue weighted by molar-refractivity contribution is -0.137. The molecule has 0 atom stereocenters. The fraction of sp³-hybridized carbons (Fsp3) is 0.462. The summed E-state index contributed by atoms with van der Waals surface area (Å²) < 4.78 is 37.6. The van der Waals surface area contributed by atoms with Gasteiger partial charge in [-0.15, -0.1) is 11.6 Å². The van der Waals surface area contributed by atoms with Crippen molar-refractivity contribution in [1.82, 2.24) is 4.90 Å². The number of carbonyl (C=O) groups excluding carboxylic acids is 1. The summed E-state index contributed by atoms with van der Waals surface area (Å²) in [5, 5.41) is 0. The summed E-state index contributed by atoms with van der Waals surface area (Å²) in [6.45, 7) is 1.14. The van der Waals surface area contributed by atoms with Crippen molar-refractivity contribution in [3.05, 3.63) is 35.4 Å². The molecule has 19 heavy (non-hydrogen) atoms. The Balaban J connectivity index is 1.93. The predicted molar refractivity (Wildman–Crippen MR) is 65.9 cm³/mol. The van der Waals surface area contributed by atoms with Crippen molar-refractivity contribution in [3.63, 3.8) is 0 Å². The zero-order valence-corrected chi connectivity index (χ0v) is 10.8. The summed E-state index contributed by atoms with van der Waals surface area (Å²) >= 11 is 5.42. The molecule has 0 bridgehead atoms. The predicted octanol–water partition coefficient (Wildman–Crippen LogP) is 2.95. The van der Waals surface area contributed by atoms with Crippen LogP contribution in [0, 0.1) is 5.92 Å². The average Bonchev–Trinajstić information content (AvgIpc) is 2.31. The van der Waals surface area contributed by atoms with Crippen LogP contribution in [0.3, 0.4) is 0 Å². The van der Waals surface area contributed by atoms with Crippen LogP contribution in [0.5, 0.6) is 0 Å². The lowest BCUT2D eigenvalue weighted by atomic mass is 9.91. The first-order chi connectivity index (χ1) is 8.90. The van der Waals surface area contributed by atoms with Gasteiger partial charge < -0.3 is 4.90 Å². The van der Waals surface area contributed by atoms with Gasteiger partial charge >= 0.3 is 6.18 Å². The highest BCUT2D eigenvalue weighted by Gasteiger charge is 2.32. The number of likely N-dealkylation sites (tertiary alicyclic amines) is 1. The van der Waals surface area contributed by atoms with E-state index < -0.39 is 11.7 Å². The Bertz CT molecular complexity index is 469. The standard InChI is InChI=1S/C13H13ClF3NO/c14-6-12(19)18-7-10(8-18)4-9-2-1-3-11(5-9)13(15,16)17/h1-3,5,10H,4,6-8H2. The van der Waals surface area contributed by atoms with E-state index in [4.69, 9.17) is 11.6 Å².